The van der Waals surface area contributed by atoms with Crippen molar-refractivity contribution < 1.29 is 9.13 Å². The third-order valence-corrected chi connectivity index (χ3v) is 7.65. The zero-order valence-electron chi connectivity index (χ0n) is 20.1. The molecular formula is C32H21N5+2. The number of aryl methyl sites for hydroxylation is 1. The van der Waals surface area contributed by atoms with Crippen molar-refractivity contribution in [3.8, 4) is 45.8 Å². The van der Waals surface area contributed by atoms with E-state index in [4.69, 9.17) is 0 Å². The monoisotopic (exact) mass is 475 g/mol. The van der Waals surface area contributed by atoms with Crippen molar-refractivity contribution in [3.05, 3.63) is 125 Å². The lowest BCUT2D eigenvalue weighted by molar-refractivity contribution is -0.799. The average Bonchev–Trinajstić information content (AvgIpc) is 2.96. The van der Waals surface area contributed by atoms with Crippen LogP contribution in [-0.4, -0.2) is 4.98 Å². The highest BCUT2D eigenvalue weighted by Gasteiger charge is 2.53. The van der Waals surface area contributed by atoms with E-state index >= 15 is 0 Å². The van der Waals surface area contributed by atoms with Gasteiger partial charge in [-0.2, -0.15) is 19.7 Å². The second-order valence-corrected chi connectivity index (χ2v) is 9.58. The summed E-state index contributed by atoms with van der Waals surface area (Å²) in [5.74, 6) is 0. The molecule has 0 radical (unpaired) electrons. The Bertz CT molecular complexity index is 1830. The minimum atomic E-state index is -0.119. The Labute approximate surface area is 214 Å². The van der Waals surface area contributed by atoms with Gasteiger partial charge in [0.1, 0.15) is 6.07 Å². The molecule has 0 saturated carbocycles. The molecule has 7 rings (SSSR count). The number of hydrogen-bond donors (Lipinski definition) is 0. The summed E-state index contributed by atoms with van der Waals surface area (Å²) in [6.45, 7) is 2.11. The topological polar surface area (TPSA) is 68.2 Å². The number of fused-ring (bicyclic) bond motifs is 11. The quantitative estimate of drug-likeness (QED) is 0.312. The number of aromatic nitrogens is 3. The van der Waals surface area contributed by atoms with Crippen molar-refractivity contribution in [1.29, 1.82) is 10.5 Å². The summed E-state index contributed by atoms with van der Waals surface area (Å²) in [7, 11) is 0. The second-order valence-electron chi connectivity index (χ2n) is 9.58. The molecule has 0 bridgehead atoms. The molecule has 2 aromatic carbocycles. The Hall–Kier alpha value is -5.13. The van der Waals surface area contributed by atoms with Gasteiger partial charge < -0.3 is 0 Å². The number of benzene rings is 2. The van der Waals surface area contributed by atoms with Crippen molar-refractivity contribution >= 4 is 0 Å². The minimum Gasteiger partial charge on any atom is -0.265 e. The summed E-state index contributed by atoms with van der Waals surface area (Å²) in [6, 6.07) is 29.2. The molecule has 0 N–H and O–H groups in total. The van der Waals surface area contributed by atoms with Gasteiger partial charge in [0.2, 0.25) is 11.4 Å². The maximum absolute atomic E-state index is 10.2. The van der Waals surface area contributed by atoms with Crippen LogP contribution < -0.4 is 9.13 Å². The zero-order valence-corrected chi connectivity index (χ0v) is 20.1. The van der Waals surface area contributed by atoms with Crippen LogP contribution in [0.5, 0.6) is 0 Å². The Morgan fingerprint density at radius 3 is 2.35 bits per heavy atom. The highest BCUT2D eigenvalue weighted by molar-refractivity contribution is 5.76. The molecule has 5 nitrogen and oxygen atoms in total. The van der Waals surface area contributed by atoms with Crippen LogP contribution in [0, 0.1) is 29.6 Å². The zero-order chi connectivity index (χ0) is 25.1. The normalized spacial score (nSPS) is 16.2. The predicted octanol–water partition coefficient (Wildman–Crippen LogP) is 5.22. The third kappa shape index (κ3) is 2.98. The standard InChI is InChI=1S/C32H21N5/c1-20-14-29-30-23(18-34)15-21(17-33)16-26(30)32-31(37(29)19-27(20)22-9-11-35-12-10-22)25-7-3-2-6-24(25)28-8-4-5-13-36(28)32/h2-16,19,31-32H,1H3/q+2. The Morgan fingerprint density at radius 1 is 0.757 bits per heavy atom. The van der Waals surface area contributed by atoms with Crippen LogP contribution in [-0.2, 0) is 0 Å². The maximum atomic E-state index is 10.2. The van der Waals surface area contributed by atoms with Gasteiger partial charge in [-0.3, -0.25) is 4.98 Å². The summed E-state index contributed by atoms with van der Waals surface area (Å²) in [6.07, 6.45) is 7.97. The molecule has 3 aromatic heterocycles. The van der Waals surface area contributed by atoms with E-state index in [1.807, 2.05) is 36.7 Å². The summed E-state index contributed by atoms with van der Waals surface area (Å²) in [5.41, 5.74) is 10.8. The number of nitriles is 2. The van der Waals surface area contributed by atoms with Crippen LogP contribution in [0.15, 0.2) is 97.6 Å². The fraction of sp³-hybridized carbons (Fsp3) is 0.0938. The molecule has 0 saturated heterocycles. The van der Waals surface area contributed by atoms with Crippen molar-refractivity contribution in [1.82, 2.24) is 4.98 Å². The Morgan fingerprint density at radius 2 is 1.54 bits per heavy atom. The van der Waals surface area contributed by atoms with Crippen LogP contribution in [0.25, 0.3) is 33.6 Å². The highest BCUT2D eigenvalue weighted by Crippen LogP contribution is 2.47. The van der Waals surface area contributed by atoms with Crippen LogP contribution in [0.4, 0.5) is 0 Å². The van der Waals surface area contributed by atoms with Gasteiger partial charge in [0, 0.05) is 47.3 Å². The summed E-state index contributed by atoms with van der Waals surface area (Å²) < 4.78 is 4.64. The van der Waals surface area contributed by atoms with E-state index in [9.17, 15) is 10.5 Å². The Balaban J connectivity index is 1.64. The van der Waals surface area contributed by atoms with E-state index in [-0.39, 0.29) is 12.1 Å². The molecule has 0 amide bonds. The average molecular weight is 476 g/mol. The highest BCUT2D eigenvalue weighted by atomic mass is 15.1. The van der Waals surface area contributed by atoms with Gasteiger partial charge in [0.15, 0.2) is 12.4 Å². The minimum absolute atomic E-state index is 0.0553. The van der Waals surface area contributed by atoms with Crippen LogP contribution in [0.1, 0.15) is 39.9 Å². The molecule has 2 aliphatic rings. The van der Waals surface area contributed by atoms with Gasteiger partial charge in [-0.15, -0.1) is 0 Å². The van der Waals surface area contributed by atoms with Gasteiger partial charge in [0.25, 0.3) is 12.1 Å². The molecule has 0 spiro atoms. The molecule has 0 fully saturated rings. The fourth-order valence-corrected chi connectivity index (χ4v) is 6.13. The first-order chi connectivity index (χ1) is 18.2. The van der Waals surface area contributed by atoms with Crippen LogP contribution >= 0.6 is 0 Å². The molecule has 5 heterocycles. The molecule has 2 aliphatic heterocycles. The van der Waals surface area contributed by atoms with Crippen molar-refractivity contribution in [2.24, 2.45) is 0 Å². The first kappa shape index (κ1) is 21.2. The number of rotatable bonds is 1. The fourth-order valence-electron chi connectivity index (χ4n) is 6.13. The van der Waals surface area contributed by atoms with E-state index < -0.39 is 0 Å². The summed E-state index contributed by atoms with van der Waals surface area (Å²) >= 11 is 0. The Kier molecular flexibility index (Phi) is 4.55. The van der Waals surface area contributed by atoms with Gasteiger partial charge in [0.05, 0.1) is 28.3 Å². The molecule has 0 aliphatic carbocycles. The first-order valence-corrected chi connectivity index (χ1v) is 12.2. The molecule has 2 atom stereocenters. The van der Waals surface area contributed by atoms with Crippen LogP contribution in [0.2, 0.25) is 0 Å². The summed E-state index contributed by atoms with van der Waals surface area (Å²) in [4.78, 5) is 4.20. The molecule has 2 unspecified atom stereocenters. The second kappa shape index (κ2) is 7.95. The SMILES string of the molecule is Cc1cc2[n+](cc1-c1ccncc1)C1c3ccccc3-c3cccc[n+]3C1c1cc(C#N)cc(C#N)c1-2. The predicted molar refractivity (Wildman–Crippen MR) is 138 cm³/mol. The maximum Gasteiger partial charge on any atom is 0.250 e. The smallest absolute Gasteiger partial charge is 0.250 e. The van der Waals surface area contributed by atoms with E-state index in [1.165, 1.54) is 11.1 Å². The van der Waals surface area contributed by atoms with E-state index in [0.29, 0.717) is 11.1 Å². The third-order valence-electron chi connectivity index (χ3n) is 7.65. The van der Waals surface area contributed by atoms with E-state index in [1.54, 1.807) is 6.07 Å². The lowest BCUT2D eigenvalue weighted by Gasteiger charge is -2.32. The van der Waals surface area contributed by atoms with Gasteiger partial charge in [-0.25, -0.2) is 0 Å². The molecule has 5 heteroatoms. The first-order valence-electron chi connectivity index (χ1n) is 12.2. The molecule has 5 aromatic rings. The van der Waals surface area contributed by atoms with E-state index in [2.05, 4.69) is 88.0 Å². The lowest BCUT2D eigenvalue weighted by Crippen LogP contribution is -2.60. The summed E-state index contributed by atoms with van der Waals surface area (Å²) in [5, 5.41) is 20.0. The van der Waals surface area contributed by atoms with Crippen molar-refractivity contribution in [2.75, 3.05) is 0 Å². The van der Waals surface area contributed by atoms with Gasteiger partial charge in [-0.05, 0) is 54.4 Å². The number of hydrogen-bond acceptors (Lipinski definition) is 3. The van der Waals surface area contributed by atoms with Gasteiger partial charge >= 0.3 is 0 Å². The lowest BCUT2D eigenvalue weighted by atomic mass is 9.77. The molecular weight excluding hydrogens is 454 g/mol. The van der Waals surface area contributed by atoms with Crippen molar-refractivity contribution in [3.63, 3.8) is 0 Å². The van der Waals surface area contributed by atoms with Gasteiger partial charge in [-0.1, -0.05) is 18.2 Å². The molecule has 37 heavy (non-hydrogen) atoms. The van der Waals surface area contributed by atoms with E-state index in [0.717, 1.165) is 39.2 Å². The number of pyridine rings is 3. The van der Waals surface area contributed by atoms with Crippen LogP contribution in [0.3, 0.4) is 0 Å². The largest absolute Gasteiger partial charge is 0.265 e. The van der Waals surface area contributed by atoms with Crippen molar-refractivity contribution in [2.45, 2.75) is 19.0 Å². The number of nitrogens with zero attached hydrogens (tertiary/aromatic N) is 5. The molecule has 172 valence electrons.